The average molecular weight is 612 g/mol. The first-order valence-corrected chi connectivity index (χ1v) is 14.1. The number of imide groups is 1. The molecule has 11 nitrogen and oxygen atoms in total. The molecule has 1 fully saturated rings. The third kappa shape index (κ3) is 7.05. The van der Waals surface area contributed by atoms with Crippen LogP contribution < -0.4 is 10.4 Å². The molecule has 4 amide bonds. The molecule has 0 radical (unpaired) electrons. The number of hydroxylamine groups is 1. The molecule has 2 heterocycles. The molecule has 2 aromatic carbocycles. The molecule has 232 valence electrons. The molecule has 0 spiro atoms. The lowest BCUT2D eigenvalue weighted by Gasteiger charge is -2.27. The normalized spacial score (nSPS) is 14.7. The number of aromatic nitrogens is 3. The Morgan fingerprint density at radius 2 is 1.73 bits per heavy atom. The monoisotopic (exact) mass is 611 g/mol. The number of unbranched alkanes of at least 4 members (excludes halogenated alkanes) is 4. The second-order valence-corrected chi connectivity index (χ2v) is 11.0. The van der Waals surface area contributed by atoms with Gasteiger partial charge in [-0.2, -0.15) is 18.4 Å². The van der Waals surface area contributed by atoms with Gasteiger partial charge in [-0.15, -0.1) is 5.10 Å². The van der Waals surface area contributed by atoms with Crippen molar-refractivity contribution in [3.05, 3.63) is 65.4 Å². The Hall–Kier alpha value is -4.77. The van der Waals surface area contributed by atoms with Crippen LogP contribution in [0.15, 0.2) is 48.7 Å². The van der Waals surface area contributed by atoms with Crippen LogP contribution in [0.25, 0.3) is 11.3 Å². The van der Waals surface area contributed by atoms with Gasteiger partial charge < -0.3 is 4.90 Å². The number of nitrogens with one attached hydrogen (secondary N) is 1. The van der Waals surface area contributed by atoms with E-state index in [4.69, 9.17) is 10.5 Å². The Balaban J connectivity index is 1.38. The number of rotatable bonds is 12. The maximum Gasteiger partial charge on any atom is 0.417 e. The smallest absolute Gasteiger partial charge is 0.305 e. The number of urea groups is 1. The van der Waals surface area contributed by atoms with Crippen LogP contribution >= 0.6 is 0 Å². The average Bonchev–Trinajstić information content (AvgIpc) is 3.53. The number of nitriles is 1. The van der Waals surface area contributed by atoms with E-state index in [2.05, 4.69) is 10.3 Å². The fourth-order valence-electron chi connectivity index (χ4n) is 4.98. The molecule has 3 aromatic rings. The zero-order chi connectivity index (χ0) is 32.1. The number of hydrogen-bond donors (Lipinski definition) is 2. The summed E-state index contributed by atoms with van der Waals surface area (Å²) >= 11 is 0. The van der Waals surface area contributed by atoms with Crippen LogP contribution in [0, 0.1) is 11.3 Å². The standard InChI is InChI=1S/C30H32F3N7O4/c1-29(2)27(42)40(23-14-13-22(17-34)24(16-23)30(31,32)33)28(43)39(29)18-20-9-11-21(12-10-20)25-19-38(37-35-25)15-7-5-3-4-6-8-26(41)36-44/h9-14,16,19,44H,3-8,15,18H2,1-2H3,(H,36,41). The van der Waals surface area contributed by atoms with Gasteiger partial charge in [-0.3, -0.25) is 19.5 Å². The van der Waals surface area contributed by atoms with Crippen molar-refractivity contribution in [2.75, 3.05) is 4.90 Å². The van der Waals surface area contributed by atoms with Crippen molar-refractivity contribution < 1.29 is 32.8 Å². The van der Waals surface area contributed by atoms with Crippen LogP contribution in [-0.4, -0.2) is 48.5 Å². The van der Waals surface area contributed by atoms with E-state index in [1.807, 2.05) is 18.3 Å². The number of hydrogen-bond acceptors (Lipinski definition) is 7. The number of halogens is 3. The Morgan fingerprint density at radius 1 is 1.05 bits per heavy atom. The maximum absolute atomic E-state index is 13.5. The van der Waals surface area contributed by atoms with Crippen LogP contribution in [0.2, 0.25) is 0 Å². The molecule has 1 aromatic heterocycles. The third-order valence-electron chi connectivity index (χ3n) is 7.56. The summed E-state index contributed by atoms with van der Waals surface area (Å²) in [6.07, 6.45) is 1.72. The van der Waals surface area contributed by atoms with Gasteiger partial charge in [0.2, 0.25) is 5.91 Å². The summed E-state index contributed by atoms with van der Waals surface area (Å²) < 4.78 is 42.3. The van der Waals surface area contributed by atoms with E-state index in [9.17, 15) is 27.6 Å². The highest BCUT2D eigenvalue weighted by atomic mass is 19.4. The highest BCUT2D eigenvalue weighted by molar-refractivity contribution is 6.23. The summed E-state index contributed by atoms with van der Waals surface area (Å²) in [5, 5.41) is 26.0. The van der Waals surface area contributed by atoms with Gasteiger partial charge in [0, 0.05) is 25.1 Å². The topological polar surface area (TPSA) is 144 Å². The van der Waals surface area contributed by atoms with Gasteiger partial charge in [0.25, 0.3) is 5.91 Å². The van der Waals surface area contributed by atoms with Crippen molar-refractivity contribution in [2.45, 2.75) is 77.2 Å². The third-order valence-corrected chi connectivity index (χ3v) is 7.56. The van der Waals surface area contributed by atoms with Gasteiger partial charge in [0.15, 0.2) is 0 Å². The SMILES string of the molecule is CC1(C)C(=O)N(c2ccc(C#N)c(C(F)(F)F)c2)C(=O)N1Cc1ccc(-c2cn(CCCCCCCC(=O)NO)nn2)cc1. The van der Waals surface area contributed by atoms with E-state index in [1.165, 1.54) is 24.8 Å². The molecule has 4 rings (SSSR count). The Kier molecular flexibility index (Phi) is 9.68. The van der Waals surface area contributed by atoms with Crippen LogP contribution in [-0.2, 0) is 28.9 Å². The lowest BCUT2D eigenvalue weighted by molar-refractivity contribution is -0.137. The number of nitrogens with zero attached hydrogens (tertiary/aromatic N) is 6. The Bertz CT molecular complexity index is 1560. The zero-order valence-corrected chi connectivity index (χ0v) is 24.3. The summed E-state index contributed by atoms with van der Waals surface area (Å²) in [6.45, 7) is 3.78. The summed E-state index contributed by atoms with van der Waals surface area (Å²) in [5.74, 6) is -1.06. The van der Waals surface area contributed by atoms with Crippen LogP contribution in [0.3, 0.4) is 0 Å². The number of alkyl halides is 3. The van der Waals surface area contributed by atoms with Gasteiger partial charge >= 0.3 is 12.2 Å². The molecule has 44 heavy (non-hydrogen) atoms. The van der Waals surface area contributed by atoms with E-state index in [0.29, 0.717) is 36.7 Å². The van der Waals surface area contributed by atoms with E-state index in [0.717, 1.165) is 48.3 Å². The van der Waals surface area contributed by atoms with Gasteiger partial charge in [-0.1, -0.05) is 48.7 Å². The zero-order valence-electron chi connectivity index (χ0n) is 24.3. The molecule has 14 heteroatoms. The van der Waals surface area contributed by atoms with Gasteiger partial charge in [-0.05, 0) is 50.5 Å². The van der Waals surface area contributed by atoms with Gasteiger partial charge in [0.1, 0.15) is 11.2 Å². The van der Waals surface area contributed by atoms with Gasteiger partial charge in [-0.25, -0.2) is 15.2 Å². The van der Waals surface area contributed by atoms with Crippen molar-refractivity contribution in [1.82, 2.24) is 25.4 Å². The Labute approximate surface area is 251 Å². The van der Waals surface area contributed by atoms with Crippen molar-refractivity contribution in [3.63, 3.8) is 0 Å². The predicted octanol–water partition coefficient (Wildman–Crippen LogP) is 5.43. The Morgan fingerprint density at radius 3 is 2.39 bits per heavy atom. The molecule has 2 N–H and O–H groups in total. The molecule has 0 bridgehead atoms. The van der Waals surface area contributed by atoms with Crippen LogP contribution in [0.4, 0.5) is 23.7 Å². The highest BCUT2D eigenvalue weighted by Gasteiger charge is 2.52. The first kappa shape index (κ1) is 32.2. The predicted molar refractivity (Wildman–Crippen MR) is 152 cm³/mol. The number of carbonyl (C=O) groups is 3. The minimum absolute atomic E-state index is 0.0358. The molecular weight excluding hydrogens is 579 g/mol. The molecule has 0 saturated carbocycles. The number of amides is 4. The van der Waals surface area contributed by atoms with E-state index in [1.54, 1.807) is 22.3 Å². The molecule has 0 unspecified atom stereocenters. The van der Waals surface area contributed by atoms with E-state index >= 15 is 0 Å². The molecule has 0 aliphatic carbocycles. The summed E-state index contributed by atoms with van der Waals surface area (Å²) in [7, 11) is 0. The number of carbonyl (C=O) groups excluding carboxylic acids is 3. The lowest BCUT2D eigenvalue weighted by Crippen LogP contribution is -2.43. The van der Waals surface area contributed by atoms with Crippen molar-refractivity contribution in [3.8, 4) is 17.3 Å². The number of benzene rings is 2. The minimum atomic E-state index is -4.84. The largest absolute Gasteiger partial charge is 0.417 e. The summed E-state index contributed by atoms with van der Waals surface area (Å²) in [5.41, 5.74) is 0.364. The maximum atomic E-state index is 13.5. The van der Waals surface area contributed by atoms with Crippen molar-refractivity contribution >= 4 is 23.5 Å². The molecule has 1 aliphatic heterocycles. The number of aryl methyl sites for hydroxylation is 1. The second kappa shape index (κ2) is 13.3. The fraction of sp³-hybridized carbons (Fsp3) is 0.400. The minimum Gasteiger partial charge on any atom is -0.305 e. The highest BCUT2D eigenvalue weighted by Crippen LogP contribution is 2.38. The molecule has 0 atom stereocenters. The van der Waals surface area contributed by atoms with Crippen LogP contribution in [0.1, 0.15) is 69.1 Å². The molecule has 1 aliphatic rings. The summed E-state index contributed by atoms with van der Waals surface area (Å²) in [6, 6.07) is 10.7. The first-order valence-electron chi connectivity index (χ1n) is 14.1. The fourth-order valence-corrected chi connectivity index (χ4v) is 4.98. The van der Waals surface area contributed by atoms with Crippen LogP contribution in [0.5, 0.6) is 0 Å². The van der Waals surface area contributed by atoms with Crippen molar-refractivity contribution in [2.24, 2.45) is 0 Å². The number of anilines is 1. The quantitative estimate of drug-likeness (QED) is 0.120. The van der Waals surface area contributed by atoms with Gasteiger partial charge in [0.05, 0.1) is 29.1 Å². The molecular formula is C30H32F3N7O4. The second-order valence-electron chi connectivity index (χ2n) is 11.0. The van der Waals surface area contributed by atoms with E-state index in [-0.39, 0.29) is 18.1 Å². The lowest BCUT2D eigenvalue weighted by atomic mass is 10.0. The first-order chi connectivity index (χ1) is 20.9. The molecule has 1 saturated heterocycles. The van der Waals surface area contributed by atoms with E-state index < -0.39 is 34.8 Å². The van der Waals surface area contributed by atoms with Crippen molar-refractivity contribution in [1.29, 1.82) is 5.26 Å². The summed E-state index contributed by atoms with van der Waals surface area (Å²) in [4.78, 5) is 39.7.